The number of nitrogens with zero attached hydrogens (tertiary/aromatic N) is 2. The number of hydrogen-bond acceptors (Lipinski definition) is 0. The fourth-order valence-corrected chi connectivity index (χ4v) is 7.06. The monoisotopic (exact) mass is 676 g/mol. The molecule has 0 aliphatic heterocycles. The molecular weight excluding hydrogens is 615 g/mol. The van der Waals surface area contributed by atoms with Crippen molar-refractivity contribution in [2.24, 2.45) is 0 Å². The van der Waals surface area contributed by atoms with Crippen molar-refractivity contribution in [3.8, 4) is 0 Å². The van der Waals surface area contributed by atoms with Crippen LogP contribution in [0.15, 0.2) is 60.2 Å². The summed E-state index contributed by atoms with van der Waals surface area (Å²) in [6, 6.07) is 18.0. The molecule has 2 rings (SSSR count). The fraction of sp³-hybridized carbons (Fsp3) is 0.600. The van der Waals surface area contributed by atoms with Gasteiger partial charge >= 0.3 is 73.2 Å². The molecule has 2 nitrogen and oxygen atoms in total. The Bertz CT molecular complexity index is 1070. The molecule has 3 heteroatoms. The Hall–Kier alpha value is -2.00. The van der Waals surface area contributed by atoms with Gasteiger partial charge in [0.15, 0.2) is 0 Å². The molecule has 2 aromatic carbocycles. The van der Waals surface area contributed by atoms with Gasteiger partial charge in [-0.2, -0.15) is 0 Å². The summed E-state index contributed by atoms with van der Waals surface area (Å²) in [7, 11) is 0. The second kappa shape index (κ2) is 27.5. The average molecular weight is 677 g/mol. The number of allylic oxidation sites excluding steroid dienone is 2. The molecule has 0 aromatic heterocycles. The van der Waals surface area contributed by atoms with Gasteiger partial charge in [-0.1, -0.05) is 114 Å². The van der Waals surface area contributed by atoms with Crippen LogP contribution in [0.5, 0.6) is 0 Å². The molecule has 2 aromatic rings. The van der Waals surface area contributed by atoms with Crippen molar-refractivity contribution in [2.75, 3.05) is 0 Å². The first-order chi connectivity index (χ1) is 21.1. The van der Waals surface area contributed by atoms with E-state index in [9.17, 15) is 5.53 Å². The molecule has 0 N–H and O–H groups in total. The summed E-state index contributed by atoms with van der Waals surface area (Å²) in [5.74, 6) is 2.82. The Kier molecular flexibility index (Phi) is 25.0. The van der Waals surface area contributed by atoms with Crippen molar-refractivity contribution in [1.82, 2.24) is 0 Å². The molecular formula is C40H62N2Pd. The molecule has 43 heavy (non-hydrogen) atoms. The second-order valence-electron chi connectivity index (χ2n) is 11.6. The first-order valence-electron chi connectivity index (χ1n) is 17.4. The molecule has 0 fully saturated rings. The minimum atomic E-state index is 0.857. The van der Waals surface area contributed by atoms with Crippen molar-refractivity contribution in [1.29, 1.82) is 0 Å². The van der Waals surface area contributed by atoms with Crippen LogP contribution in [0, 0.1) is 0 Å². The summed E-state index contributed by atoms with van der Waals surface area (Å²) >= 11 is 1.07. The quantitative estimate of drug-likeness (QED) is 0.0297. The number of rotatable bonds is 22. The normalized spacial score (nSPS) is 11.0. The molecule has 0 aliphatic carbocycles. The zero-order valence-electron chi connectivity index (χ0n) is 28.3. The third-order valence-electron chi connectivity index (χ3n) is 7.61. The summed E-state index contributed by atoms with van der Waals surface area (Å²) in [6.45, 7) is 11.2. The average Bonchev–Trinajstić information content (AvgIpc) is 3.04. The molecule has 242 valence electrons. The molecule has 0 aliphatic rings. The fourth-order valence-electron chi connectivity index (χ4n) is 4.80. The number of hydrogen-bond donors (Lipinski definition) is 0. The zero-order chi connectivity index (χ0) is 31.4. The van der Waals surface area contributed by atoms with Crippen molar-refractivity contribution >= 4 is 11.4 Å². The van der Waals surface area contributed by atoms with Gasteiger partial charge in [0.25, 0.3) is 0 Å². The molecule has 0 unspecified atom stereocenters. The number of unbranched alkanes of at least 4 members (excludes halogenated alkanes) is 9. The predicted molar refractivity (Wildman–Crippen MR) is 187 cm³/mol. The van der Waals surface area contributed by atoms with E-state index in [1.54, 1.807) is 0 Å². The van der Waals surface area contributed by atoms with Gasteiger partial charge in [0.1, 0.15) is 0 Å². The van der Waals surface area contributed by atoms with Crippen molar-refractivity contribution < 1.29 is 22.8 Å². The summed E-state index contributed by atoms with van der Waals surface area (Å²) in [4.78, 5) is 6.24. The summed E-state index contributed by atoms with van der Waals surface area (Å²) < 4.78 is 0. The second-order valence-corrected chi connectivity index (χ2v) is 13.9. The third-order valence-corrected chi connectivity index (χ3v) is 9.81. The SMILES string of the molecule is CCCCCCCCc1ccc(C(=CC(=C=[N+]=[N-])CCCC)c2cccc(CCCC)c2)cc1.CCC[CH2][Pd][CH2]CCC. The molecule has 0 spiro atoms. The first-order valence-corrected chi connectivity index (χ1v) is 19.6. The van der Waals surface area contributed by atoms with E-state index < -0.39 is 0 Å². The van der Waals surface area contributed by atoms with E-state index in [1.165, 1.54) is 115 Å². The Morgan fingerprint density at radius 1 is 0.651 bits per heavy atom. The predicted octanol–water partition coefficient (Wildman–Crippen LogP) is 12.9. The van der Waals surface area contributed by atoms with E-state index >= 15 is 0 Å². The van der Waals surface area contributed by atoms with E-state index in [0.717, 1.165) is 55.7 Å². The van der Waals surface area contributed by atoms with Gasteiger partial charge in [-0.3, -0.25) is 0 Å². The van der Waals surface area contributed by atoms with E-state index in [4.69, 9.17) is 0 Å². The molecule has 0 heterocycles. The first kappa shape index (κ1) is 39.0. The Labute approximate surface area is 274 Å². The standard InChI is InChI=1S/C32H44N2.2C4H9.Pd/c1-4-7-10-11-12-13-17-27-20-22-30(23-21-27)32(25-29(26-34-33)16-9-6-3)31-19-14-18-28(24-31)15-8-5-2;2*1-3-4-2;/h14,18-25H,4-13,15-17H2,1-3H3;2*1,3-4H2,2H3;. The van der Waals surface area contributed by atoms with Gasteiger partial charge in [0.05, 0.1) is 5.57 Å². The molecule has 0 amide bonds. The van der Waals surface area contributed by atoms with Gasteiger partial charge < -0.3 is 5.53 Å². The molecule has 0 saturated heterocycles. The van der Waals surface area contributed by atoms with Crippen LogP contribution < -0.4 is 0 Å². The van der Waals surface area contributed by atoms with E-state index in [1.807, 2.05) is 0 Å². The van der Waals surface area contributed by atoms with Crippen LogP contribution in [0.3, 0.4) is 0 Å². The third kappa shape index (κ3) is 19.1. The Morgan fingerprint density at radius 2 is 1.26 bits per heavy atom. The molecule has 0 atom stereocenters. The number of aryl methyl sites for hydroxylation is 2. The zero-order valence-corrected chi connectivity index (χ0v) is 29.9. The molecule has 0 radical (unpaired) electrons. The summed E-state index contributed by atoms with van der Waals surface area (Å²) in [5.41, 5.74) is 16.5. The van der Waals surface area contributed by atoms with Crippen LogP contribution in [-0.4, -0.2) is 10.7 Å². The minimum absolute atomic E-state index is 0.857. The van der Waals surface area contributed by atoms with E-state index in [-0.39, 0.29) is 0 Å². The Morgan fingerprint density at radius 3 is 1.88 bits per heavy atom. The maximum absolute atomic E-state index is 9.18. The van der Waals surface area contributed by atoms with Gasteiger partial charge in [-0.15, -0.1) is 4.79 Å². The van der Waals surface area contributed by atoms with Crippen molar-refractivity contribution in [2.45, 2.75) is 154 Å². The van der Waals surface area contributed by atoms with Gasteiger partial charge in [-0.25, -0.2) is 0 Å². The Balaban J connectivity index is 0.000000887. The van der Waals surface area contributed by atoms with E-state index in [0.29, 0.717) is 0 Å². The summed E-state index contributed by atoms with van der Waals surface area (Å²) in [5, 5.41) is 0. The van der Waals surface area contributed by atoms with Crippen molar-refractivity contribution in [3.05, 3.63) is 88.0 Å². The van der Waals surface area contributed by atoms with Gasteiger partial charge in [-0.05, 0) is 72.4 Å². The van der Waals surface area contributed by atoms with Crippen LogP contribution in [0.25, 0.3) is 11.1 Å². The van der Waals surface area contributed by atoms with Gasteiger partial charge in [0, 0.05) is 0 Å². The van der Waals surface area contributed by atoms with Crippen LogP contribution in [0.2, 0.25) is 9.79 Å². The van der Waals surface area contributed by atoms with Gasteiger partial charge in [0.2, 0.25) is 0 Å². The number of benzene rings is 2. The van der Waals surface area contributed by atoms with Crippen LogP contribution in [0.4, 0.5) is 0 Å². The van der Waals surface area contributed by atoms with Crippen LogP contribution in [-0.2, 0) is 30.8 Å². The van der Waals surface area contributed by atoms with Crippen LogP contribution in [0.1, 0.15) is 153 Å². The topological polar surface area (TPSA) is 36.4 Å². The summed E-state index contributed by atoms with van der Waals surface area (Å²) in [6.07, 6.45) is 23.5. The molecule has 0 saturated carbocycles. The molecule has 0 bridgehead atoms. The van der Waals surface area contributed by atoms with E-state index in [2.05, 4.69) is 99.9 Å². The maximum atomic E-state index is 9.18. The van der Waals surface area contributed by atoms with Crippen molar-refractivity contribution in [3.63, 3.8) is 0 Å². The van der Waals surface area contributed by atoms with Crippen LogP contribution >= 0.6 is 0 Å².